The van der Waals surface area contributed by atoms with E-state index >= 15 is 0 Å². The fraction of sp³-hybridized carbons (Fsp3) is 0.250. The summed E-state index contributed by atoms with van der Waals surface area (Å²) in [6.45, 7) is 1.17. The van der Waals surface area contributed by atoms with E-state index in [0.717, 1.165) is 6.42 Å². The van der Waals surface area contributed by atoms with Gasteiger partial charge in [0.15, 0.2) is 0 Å². The van der Waals surface area contributed by atoms with Crippen LogP contribution in [0.25, 0.3) is 11.1 Å². The van der Waals surface area contributed by atoms with Gasteiger partial charge in [-0.25, -0.2) is 0 Å². The zero-order valence-electron chi connectivity index (χ0n) is 9.74. The second-order valence-electron chi connectivity index (χ2n) is 5.05. The third kappa shape index (κ3) is 1.36. The summed E-state index contributed by atoms with van der Waals surface area (Å²) in [5.41, 5.74) is 7.29. The van der Waals surface area contributed by atoms with Gasteiger partial charge in [-0.2, -0.15) is 0 Å². The van der Waals surface area contributed by atoms with Crippen LogP contribution in [0.15, 0.2) is 42.5 Å². The molecular formula is C16H15N. The summed E-state index contributed by atoms with van der Waals surface area (Å²) < 4.78 is 0. The monoisotopic (exact) mass is 221 g/mol. The Morgan fingerprint density at radius 3 is 2.59 bits per heavy atom. The Balaban J connectivity index is 1.80. The molecule has 2 aromatic rings. The van der Waals surface area contributed by atoms with Crippen molar-refractivity contribution < 1.29 is 0 Å². The van der Waals surface area contributed by atoms with Gasteiger partial charge in [0.1, 0.15) is 0 Å². The maximum atomic E-state index is 3.47. The summed E-state index contributed by atoms with van der Waals surface area (Å²) in [5.74, 6) is 0. The molecule has 2 aromatic carbocycles. The molecule has 17 heavy (non-hydrogen) atoms. The van der Waals surface area contributed by atoms with Crippen LogP contribution in [0.2, 0.25) is 0 Å². The molecule has 1 heteroatoms. The Morgan fingerprint density at radius 1 is 0.941 bits per heavy atom. The predicted molar refractivity (Wildman–Crippen MR) is 70.0 cm³/mol. The van der Waals surface area contributed by atoms with Gasteiger partial charge in [-0.3, -0.25) is 0 Å². The third-order valence-electron chi connectivity index (χ3n) is 4.04. The fourth-order valence-corrected chi connectivity index (χ4v) is 2.95. The number of rotatable bonds is 1. The van der Waals surface area contributed by atoms with Crippen molar-refractivity contribution in [1.82, 2.24) is 5.32 Å². The SMILES string of the molecule is c1ccc2c(c1)Cc1cc(C3CCN3)ccc1-2. The Hall–Kier alpha value is -1.60. The smallest absolute Gasteiger partial charge is 0.0332 e. The fourth-order valence-electron chi connectivity index (χ4n) is 2.95. The lowest BCUT2D eigenvalue weighted by molar-refractivity contribution is 0.383. The molecule has 0 saturated carbocycles. The standard InChI is InChI=1S/C16H15N/c1-2-4-14-11(3-1)9-13-10-12(5-6-15(13)14)16-7-8-17-16/h1-6,10,16-17H,7-9H2. The van der Waals surface area contributed by atoms with Gasteiger partial charge in [0.05, 0.1) is 0 Å². The Kier molecular flexibility index (Phi) is 1.91. The van der Waals surface area contributed by atoms with Crippen LogP contribution in [0.5, 0.6) is 0 Å². The topological polar surface area (TPSA) is 12.0 Å². The molecule has 1 N–H and O–H groups in total. The van der Waals surface area contributed by atoms with Gasteiger partial charge in [0, 0.05) is 6.04 Å². The van der Waals surface area contributed by atoms with E-state index in [-0.39, 0.29) is 0 Å². The van der Waals surface area contributed by atoms with Gasteiger partial charge < -0.3 is 5.32 Å². The van der Waals surface area contributed by atoms with Crippen molar-refractivity contribution in [3.05, 3.63) is 59.2 Å². The van der Waals surface area contributed by atoms with E-state index in [2.05, 4.69) is 47.8 Å². The Bertz CT molecular complexity index is 582. The first kappa shape index (κ1) is 9.43. The van der Waals surface area contributed by atoms with E-state index in [1.807, 2.05) is 0 Å². The second kappa shape index (κ2) is 3.44. The minimum Gasteiger partial charge on any atom is -0.310 e. The van der Waals surface area contributed by atoms with Crippen LogP contribution in [0, 0.1) is 0 Å². The van der Waals surface area contributed by atoms with E-state index in [1.165, 1.54) is 40.8 Å². The molecule has 4 rings (SSSR count). The van der Waals surface area contributed by atoms with Gasteiger partial charge in [0.2, 0.25) is 0 Å². The molecule has 0 spiro atoms. The number of hydrogen-bond acceptors (Lipinski definition) is 1. The number of hydrogen-bond donors (Lipinski definition) is 1. The molecule has 1 aliphatic heterocycles. The second-order valence-corrected chi connectivity index (χ2v) is 5.05. The molecule has 1 aliphatic carbocycles. The molecule has 1 saturated heterocycles. The molecule has 1 unspecified atom stereocenters. The zero-order valence-corrected chi connectivity index (χ0v) is 9.74. The van der Waals surface area contributed by atoms with Gasteiger partial charge in [0.25, 0.3) is 0 Å². The summed E-state index contributed by atoms with van der Waals surface area (Å²) >= 11 is 0. The summed E-state index contributed by atoms with van der Waals surface area (Å²) in [6.07, 6.45) is 2.39. The number of fused-ring (bicyclic) bond motifs is 3. The van der Waals surface area contributed by atoms with E-state index in [9.17, 15) is 0 Å². The van der Waals surface area contributed by atoms with Crippen molar-refractivity contribution in [1.29, 1.82) is 0 Å². The van der Waals surface area contributed by atoms with Crippen molar-refractivity contribution >= 4 is 0 Å². The maximum absolute atomic E-state index is 3.47. The number of nitrogens with one attached hydrogen (secondary N) is 1. The molecule has 1 nitrogen and oxygen atoms in total. The lowest BCUT2D eigenvalue weighted by Gasteiger charge is -2.28. The van der Waals surface area contributed by atoms with Crippen LogP contribution in [-0.4, -0.2) is 6.54 Å². The van der Waals surface area contributed by atoms with Gasteiger partial charge in [-0.15, -0.1) is 0 Å². The van der Waals surface area contributed by atoms with Crippen LogP contribution < -0.4 is 5.32 Å². The first-order valence-corrected chi connectivity index (χ1v) is 6.36. The summed E-state index contributed by atoms with van der Waals surface area (Å²) in [6, 6.07) is 16.3. The van der Waals surface area contributed by atoms with E-state index in [0.29, 0.717) is 6.04 Å². The zero-order chi connectivity index (χ0) is 11.2. The molecular weight excluding hydrogens is 206 g/mol. The predicted octanol–water partition coefficient (Wildman–Crippen LogP) is 3.29. The molecule has 1 heterocycles. The molecule has 0 amide bonds. The molecule has 2 aliphatic rings. The van der Waals surface area contributed by atoms with E-state index < -0.39 is 0 Å². The highest BCUT2D eigenvalue weighted by Crippen LogP contribution is 2.38. The first-order chi connectivity index (χ1) is 8.42. The molecule has 1 atom stereocenters. The van der Waals surface area contributed by atoms with E-state index in [4.69, 9.17) is 0 Å². The normalized spacial score (nSPS) is 20.6. The summed E-state index contributed by atoms with van der Waals surface area (Å²) in [7, 11) is 0. The molecule has 0 radical (unpaired) electrons. The highest BCUT2D eigenvalue weighted by atomic mass is 15.0. The lowest BCUT2D eigenvalue weighted by Crippen LogP contribution is -2.34. The van der Waals surface area contributed by atoms with Crippen LogP contribution in [0.1, 0.15) is 29.2 Å². The maximum Gasteiger partial charge on any atom is 0.0332 e. The minimum absolute atomic E-state index is 0.601. The lowest BCUT2D eigenvalue weighted by atomic mass is 9.94. The first-order valence-electron chi connectivity index (χ1n) is 6.36. The molecule has 0 bridgehead atoms. The van der Waals surface area contributed by atoms with Gasteiger partial charge in [-0.1, -0.05) is 42.5 Å². The van der Waals surface area contributed by atoms with Gasteiger partial charge in [-0.05, 0) is 47.2 Å². The Morgan fingerprint density at radius 2 is 1.76 bits per heavy atom. The summed E-state index contributed by atoms with van der Waals surface area (Å²) in [4.78, 5) is 0. The highest BCUT2D eigenvalue weighted by molar-refractivity contribution is 5.77. The average molecular weight is 221 g/mol. The van der Waals surface area contributed by atoms with Crippen LogP contribution in [0.3, 0.4) is 0 Å². The van der Waals surface area contributed by atoms with Crippen molar-refractivity contribution in [2.24, 2.45) is 0 Å². The molecule has 0 aromatic heterocycles. The van der Waals surface area contributed by atoms with Crippen molar-refractivity contribution in [2.75, 3.05) is 6.54 Å². The van der Waals surface area contributed by atoms with Gasteiger partial charge >= 0.3 is 0 Å². The minimum atomic E-state index is 0.601. The average Bonchev–Trinajstić information content (AvgIpc) is 2.64. The van der Waals surface area contributed by atoms with Crippen LogP contribution in [-0.2, 0) is 6.42 Å². The largest absolute Gasteiger partial charge is 0.310 e. The van der Waals surface area contributed by atoms with Crippen LogP contribution >= 0.6 is 0 Å². The summed E-state index contributed by atoms with van der Waals surface area (Å²) in [5, 5.41) is 3.47. The van der Waals surface area contributed by atoms with E-state index in [1.54, 1.807) is 0 Å². The molecule has 1 fully saturated rings. The Labute approximate surface area is 101 Å². The van der Waals surface area contributed by atoms with Crippen molar-refractivity contribution in [3.8, 4) is 11.1 Å². The highest BCUT2D eigenvalue weighted by Gasteiger charge is 2.22. The van der Waals surface area contributed by atoms with Crippen LogP contribution in [0.4, 0.5) is 0 Å². The molecule has 84 valence electrons. The number of benzene rings is 2. The quantitative estimate of drug-likeness (QED) is 0.665. The van der Waals surface area contributed by atoms with Crippen molar-refractivity contribution in [2.45, 2.75) is 18.9 Å². The third-order valence-corrected chi connectivity index (χ3v) is 4.04. The van der Waals surface area contributed by atoms with Crippen molar-refractivity contribution in [3.63, 3.8) is 0 Å².